The molecule has 0 spiro atoms. The van der Waals surface area contributed by atoms with E-state index in [0.717, 1.165) is 30.4 Å². The van der Waals surface area contributed by atoms with E-state index in [-0.39, 0.29) is 5.78 Å². The maximum atomic E-state index is 13.0. The van der Waals surface area contributed by atoms with E-state index in [9.17, 15) is 9.90 Å². The van der Waals surface area contributed by atoms with Crippen LogP contribution in [0.2, 0.25) is 0 Å². The van der Waals surface area contributed by atoms with Crippen molar-refractivity contribution in [2.24, 2.45) is 0 Å². The predicted octanol–water partition coefficient (Wildman–Crippen LogP) is 4.45. The molecule has 0 bridgehead atoms. The third-order valence-electron chi connectivity index (χ3n) is 5.65. The number of rotatable bonds is 5. The van der Waals surface area contributed by atoms with Gasteiger partial charge in [0, 0.05) is 0 Å². The minimum Gasteiger partial charge on any atom is -0.388 e. The van der Waals surface area contributed by atoms with Crippen molar-refractivity contribution in [2.45, 2.75) is 56.5 Å². The van der Waals surface area contributed by atoms with Crippen LogP contribution in [-0.4, -0.2) is 16.5 Å². The Morgan fingerprint density at radius 1 is 0.958 bits per heavy atom. The van der Waals surface area contributed by atoms with Crippen molar-refractivity contribution in [3.63, 3.8) is 0 Å². The quantitative estimate of drug-likeness (QED) is 0.883. The lowest BCUT2D eigenvalue weighted by Gasteiger charge is -2.48. The van der Waals surface area contributed by atoms with Crippen LogP contribution < -0.4 is 0 Å². The molecule has 2 nitrogen and oxygen atoms in total. The summed E-state index contributed by atoms with van der Waals surface area (Å²) in [5.41, 5.74) is 0.172. The van der Waals surface area contributed by atoms with Crippen LogP contribution >= 0.6 is 0 Å². The number of Topliss-reactive ketones (excluding diaryl/α,β-unsaturated/α-hetero) is 1. The summed E-state index contributed by atoms with van der Waals surface area (Å²) in [5.74, 6) is 0.0574. The second-order valence-electron chi connectivity index (χ2n) is 7.08. The average Bonchev–Trinajstić information content (AvgIpc) is 2.61. The van der Waals surface area contributed by atoms with Crippen LogP contribution in [0.15, 0.2) is 60.7 Å². The summed E-state index contributed by atoms with van der Waals surface area (Å²) in [6, 6.07) is 20.0. The molecule has 24 heavy (non-hydrogen) atoms. The van der Waals surface area contributed by atoms with E-state index in [2.05, 4.69) is 0 Å². The summed E-state index contributed by atoms with van der Waals surface area (Å²) in [6.07, 6.45) is 5.02. The molecule has 1 aliphatic rings. The molecule has 0 amide bonds. The Balaban J connectivity index is 2.16. The molecule has 1 fully saturated rings. The Hall–Kier alpha value is -1.93. The third kappa shape index (κ3) is 2.91. The minimum atomic E-state index is -0.978. The molecule has 0 heterocycles. The highest BCUT2D eigenvalue weighted by molar-refractivity contribution is 5.90. The van der Waals surface area contributed by atoms with Crippen molar-refractivity contribution in [2.75, 3.05) is 0 Å². The van der Waals surface area contributed by atoms with E-state index in [0.29, 0.717) is 19.3 Å². The maximum absolute atomic E-state index is 13.0. The normalized spacial score (nSPS) is 19.4. The highest BCUT2D eigenvalue weighted by atomic mass is 16.3. The number of aliphatic hydroxyl groups is 1. The molecule has 1 unspecified atom stereocenters. The lowest BCUT2D eigenvalue weighted by Crippen LogP contribution is -2.58. The van der Waals surface area contributed by atoms with Crippen molar-refractivity contribution >= 4 is 5.78 Å². The Morgan fingerprint density at radius 3 is 2.04 bits per heavy atom. The zero-order chi connectivity index (χ0) is 17.0. The minimum absolute atomic E-state index is 0.0574. The molecule has 0 aromatic heterocycles. The first-order chi connectivity index (χ1) is 11.6. The second-order valence-corrected chi connectivity index (χ2v) is 7.08. The summed E-state index contributed by atoms with van der Waals surface area (Å²) < 4.78 is 0. The molecule has 2 aromatic carbocycles. The Morgan fingerprint density at radius 2 is 1.50 bits per heavy atom. The summed E-state index contributed by atoms with van der Waals surface area (Å²) in [7, 11) is 0. The van der Waals surface area contributed by atoms with Crippen molar-refractivity contribution in [1.82, 2.24) is 0 Å². The van der Waals surface area contributed by atoms with Crippen molar-refractivity contribution < 1.29 is 9.90 Å². The number of carbonyl (C=O) groups excluding carboxylic acids is 1. The fourth-order valence-corrected chi connectivity index (χ4v) is 4.38. The first-order valence-corrected chi connectivity index (χ1v) is 8.91. The van der Waals surface area contributed by atoms with E-state index >= 15 is 0 Å². The Labute approximate surface area is 144 Å². The van der Waals surface area contributed by atoms with Gasteiger partial charge in [-0.1, -0.05) is 79.9 Å². The van der Waals surface area contributed by atoms with Gasteiger partial charge in [0.05, 0.1) is 11.0 Å². The van der Waals surface area contributed by atoms with Crippen LogP contribution in [0.3, 0.4) is 0 Å². The van der Waals surface area contributed by atoms with E-state index in [1.54, 1.807) is 6.92 Å². The van der Waals surface area contributed by atoms with Gasteiger partial charge in [0.1, 0.15) is 5.78 Å². The Bertz CT molecular complexity index is 672. The lowest BCUT2D eigenvalue weighted by molar-refractivity contribution is -0.139. The smallest absolute Gasteiger partial charge is 0.143 e. The van der Waals surface area contributed by atoms with Gasteiger partial charge in [-0.15, -0.1) is 0 Å². The number of hydrogen-bond donors (Lipinski definition) is 1. The number of benzene rings is 2. The fourth-order valence-electron chi connectivity index (χ4n) is 4.38. The molecular formula is C22H26O2. The zero-order valence-corrected chi connectivity index (χ0v) is 14.4. The second kappa shape index (κ2) is 6.90. The Kier molecular flexibility index (Phi) is 4.86. The van der Waals surface area contributed by atoms with Gasteiger partial charge in [-0.2, -0.15) is 0 Å². The van der Waals surface area contributed by atoms with E-state index in [1.165, 1.54) is 0 Å². The SMILES string of the molecule is CC(=O)C(Cc1ccccc1)(c1ccccc1)C1(O)CCCCC1. The highest BCUT2D eigenvalue weighted by Crippen LogP contribution is 2.47. The molecule has 0 aliphatic heterocycles. The van der Waals surface area contributed by atoms with Gasteiger partial charge in [-0.05, 0) is 37.3 Å². The van der Waals surface area contributed by atoms with Gasteiger partial charge in [-0.3, -0.25) is 4.79 Å². The molecule has 2 aromatic rings. The van der Waals surface area contributed by atoms with E-state index < -0.39 is 11.0 Å². The monoisotopic (exact) mass is 322 g/mol. The summed E-state index contributed by atoms with van der Waals surface area (Å²) in [5, 5.41) is 11.6. The summed E-state index contributed by atoms with van der Waals surface area (Å²) in [4.78, 5) is 13.0. The van der Waals surface area contributed by atoms with Gasteiger partial charge in [-0.25, -0.2) is 0 Å². The molecule has 0 radical (unpaired) electrons. The van der Waals surface area contributed by atoms with Gasteiger partial charge in [0.2, 0.25) is 0 Å². The summed E-state index contributed by atoms with van der Waals surface area (Å²) >= 11 is 0. The molecule has 1 atom stereocenters. The van der Waals surface area contributed by atoms with Crippen molar-refractivity contribution in [3.8, 4) is 0 Å². The molecule has 1 N–H and O–H groups in total. The van der Waals surface area contributed by atoms with Crippen LogP contribution in [0.25, 0.3) is 0 Å². The number of carbonyl (C=O) groups is 1. The van der Waals surface area contributed by atoms with Crippen LogP contribution in [-0.2, 0) is 16.6 Å². The largest absolute Gasteiger partial charge is 0.388 e. The zero-order valence-electron chi connectivity index (χ0n) is 14.4. The van der Waals surface area contributed by atoms with Gasteiger partial charge in [0.15, 0.2) is 0 Å². The lowest BCUT2D eigenvalue weighted by atomic mass is 9.57. The number of hydrogen-bond acceptors (Lipinski definition) is 2. The molecular weight excluding hydrogens is 296 g/mol. The third-order valence-corrected chi connectivity index (χ3v) is 5.65. The molecule has 3 rings (SSSR count). The topological polar surface area (TPSA) is 37.3 Å². The molecule has 2 heteroatoms. The number of ketones is 1. The van der Waals surface area contributed by atoms with Crippen LogP contribution in [0.4, 0.5) is 0 Å². The van der Waals surface area contributed by atoms with Gasteiger partial charge in [0.25, 0.3) is 0 Å². The fraction of sp³-hybridized carbons (Fsp3) is 0.409. The first-order valence-electron chi connectivity index (χ1n) is 8.91. The van der Waals surface area contributed by atoms with Gasteiger partial charge >= 0.3 is 0 Å². The van der Waals surface area contributed by atoms with Crippen LogP contribution in [0.1, 0.15) is 50.2 Å². The predicted molar refractivity (Wildman–Crippen MR) is 97.0 cm³/mol. The average molecular weight is 322 g/mol. The first kappa shape index (κ1) is 16.9. The van der Waals surface area contributed by atoms with E-state index in [1.807, 2.05) is 60.7 Å². The maximum Gasteiger partial charge on any atom is 0.143 e. The highest BCUT2D eigenvalue weighted by Gasteiger charge is 2.54. The van der Waals surface area contributed by atoms with E-state index in [4.69, 9.17) is 0 Å². The standard InChI is InChI=1S/C22H26O2/c1-18(23)22(20-13-7-3-8-14-20,17-19-11-5-2-6-12-19)21(24)15-9-4-10-16-21/h2-3,5-8,11-14,24H,4,9-10,15-17H2,1H3. The van der Waals surface area contributed by atoms with Gasteiger partial charge < -0.3 is 5.11 Å². The molecule has 1 saturated carbocycles. The molecule has 126 valence electrons. The summed E-state index contributed by atoms with van der Waals surface area (Å²) in [6.45, 7) is 1.64. The van der Waals surface area contributed by atoms with Crippen molar-refractivity contribution in [1.29, 1.82) is 0 Å². The molecule has 1 aliphatic carbocycles. The van der Waals surface area contributed by atoms with Crippen LogP contribution in [0.5, 0.6) is 0 Å². The molecule has 0 saturated heterocycles. The van der Waals surface area contributed by atoms with Crippen LogP contribution in [0, 0.1) is 0 Å². The van der Waals surface area contributed by atoms with Crippen molar-refractivity contribution in [3.05, 3.63) is 71.8 Å².